The summed E-state index contributed by atoms with van der Waals surface area (Å²) in [4.78, 5) is 21.8. The van der Waals surface area contributed by atoms with Crippen LogP contribution < -0.4 is 11.1 Å². The third-order valence-electron chi connectivity index (χ3n) is 6.79. The maximum Gasteiger partial charge on any atom is 0.323 e. The molecule has 38 heavy (non-hydrogen) atoms. The first-order valence-electron chi connectivity index (χ1n) is 13.3. The molecule has 0 saturated heterocycles. The number of aromatic nitrogens is 4. The number of hydrogen-bond acceptors (Lipinski definition) is 7. The van der Waals surface area contributed by atoms with Gasteiger partial charge in [0.05, 0.1) is 30.3 Å². The minimum absolute atomic E-state index is 0.0696. The molecule has 2 heterocycles. The number of ether oxygens (including phenoxy) is 1. The second kappa shape index (κ2) is 13.4. The minimum Gasteiger partial charge on any atom is -0.461 e. The summed E-state index contributed by atoms with van der Waals surface area (Å²) in [5, 5.41) is 9.10. The molecule has 0 radical (unpaired) electrons. The molecular weight excluding hydrogens is 523 g/mol. The van der Waals surface area contributed by atoms with Gasteiger partial charge in [-0.1, -0.05) is 43.1 Å². The van der Waals surface area contributed by atoms with E-state index in [1.807, 2.05) is 29.1 Å². The zero-order valence-corrected chi connectivity index (χ0v) is 23.5. The van der Waals surface area contributed by atoms with Crippen LogP contribution in [0.25, 0.3) is 11.3 Å². The number of rotatable bonds is 12. The van der Waals surface area contributed by atoms with Gasteiger partial charge in [-0.15, -0.1) is 0 Å². The van der Waals surface area contributed by atoms with Crippen molar-refractivity contribution in [2.75, 3.05) is 12.3 Å². The minimum atomic E-state index is -0.317. The van der Waals surface area contributed by atoms with Crippen molar-refractivity contribution in [1.82, 2.24) is 25.1 Å². The van der Waals surface area contributed by atoms with Crippen LogP contribution in [0, 0.1) is 5.92 Å². The Bertz CT molecular complexity index is 1210. The Hall–Kier alpha value is -2.68. The van der Waals surface area contributed by atoms with E-state index in [1.54, 1.807) is 12.4 Å². The van der Waals surface area contributed by atoms with Crippen molar-refractivity contribution in [3.05, 3.63) is 58.1 Å². The number of halogens is 2. The fourth-order valence-electron chi connectivity index (χ4n) is 4.73. The highest BCUT2D eigenvalue weighted by Gasteiger charge is 2.26. The Morgan fingerprint density at radius 2 is 1.92 bits per heavy atom. The van der Waals surface area contributed by atoms with E-state index in [2.05, 4.69) is 29.2 Å². The highest BCUT2D eigenvalue weighted by atomic mass is 35.5. The predicted octanol–water partition coefficient (Wildman–Crippen LogP) is 5.50. The number of nitrogens with two attached hydrogens (primary N) is 1. The van der Waals surface area contributed by atoms with E-state index in [1.165, 1.54) is 0 Å². The van der Waals surface area contributed by atoms with Crippen LogP contribution in [0.15, 0.2) is 36.8 Å². The van der Waals surface area contributed by atoms with Crippen LogP contribution >= 0.6 is 23.2 Å². The van der Waals surface area contributed by atoms with Crippen molar-refractivity contribution in [2.45, 2.75) is 77.5 Å². The first-order chi connectivity index (χ1) is 18.3. The first kappa shape index (κ1) is 28.3. The Kier molecular flexibility index (Phi) is 9.99. The van der Waals surface area contributed by atoms with Gasteiger partial charge < -0.3 is 15.8 Å². The van der Waals surface area contributed by atoms with Gasteiger partial charge in [-0.2, -0.15) is 5.10 Å². The van der Waals surface area contributed by atoms with E-state index >= 15 is 0 Å². The van der Waals surface area contributed by atoms with Crippen molar-refractivity contribution in [1.29, 1.82) is 0 Å². The fourth-order valence-corrected chi connectivity index (χ4v) is 5.32. The second-order valence-corrected chi connectivity index (χ2v) is 11.1. The molecule has 1 aromatic carbocycles. The van der Waals surface area contributed by atoms with Crippen LogP contribution in [-0.4, -0.2) is 44.4 Å². The SMILES string of the molecule is CC(C)C[C@H](NCCn1cc(-c2cnc(N)c(CCc3c(Cl)cccc3Cl)n2)cn1)C(=O)OC1CCCC1. The smallest absolute Gasteiger partial charge is 0.323 e. The molecule has 0 amide bonds. The van der Waals surface area contributed by atoms with Gasteiger partial charge in [0.1, 0.15) is 18.0 Å². The number of hydrogen-bond donors (Lipinski definition) is 2. The molecule has 204 valence electrons. The summed E-state index contributed by atoms with van der Waals surface area (Å²) in [7, 11) is 0. The van der Waals surface area contributed by atoms with Crippen LogP contribution in [0.3, 0.4) is 0 Å². The normalized spacial score (nSPS) is 14.8. The molecule has 0 bridgehead atoms. The Labute approximate surface area is 234 Å². The van der Waals surface area contributed by atoms with Crippen molar-refractivity contribution in [2.24, 2.45) is 5.92 Å². The van der Waals surface area contributed by atoms with Gasteiger partial charge in [0.15, 0.2) is 0 Å². The third kappa shape index (κ3) is 7.68. The lowest BCUT2D eigenvalue weighted by Crippen LogP contribution is -2.41. The Morgan fingerprint density at radius 3 is 2.63 bits per heavy atom. The molecule has 2 aromatic heterocycles. The van der Waals surface area contributed by atoms with E-state index in [0.29, 0.717) is 59.1 Å². The van der Waals surface area contributed by atoms with Crippen LogP contribution in [-0.2, 0) is 28.9 Å². The summed E-state index contributed by atoms with van der Waals surface area (Å²) in [5.41, 5.74) is 9.20. The quantitative estimate of drug-likeness (QED) is 0.282. The van der Waals surface area contributed by atoms with Crippen molar-refractivity contribution in [3.63, 3.8) is 0 Å². The highest BCUT2D eigenvalue weighted by molar-refractivity contribution is 6.36. The largest absolute Gasteiger partial charge is 0.461 e. The molecule has 10 heteroatoms. The van der Waals surface area contributed by atoms with E-state index < -0.39 is 0 Å². The van der Waals surface area contributed by atoms with Crippen LogP contribution in [0.1, 0.15) is 57.2 Å². The molecule has 1 saturated carbocycles. The number of anilines is 1. The van der Waals surface area contributed by atoms with Crippen molar-refractivity contribution in [3.8, 4) is 11.3 Å². The van der Waals surface area contributed by atoms with Gasteiger partial charge in [-0.05, 0) is 68.6 Å². The van der Waals surface area contributed by atoms with Crippen LogP contribution in [0.4, 0.5) is 5.82 Å². The van der Waals surface area contributed by atoms with Gasteiger partial charge in [0.2, 0.25) is 0 Å². The molecule has 1 aliphatic carbocycles. The van der Waals surface area contributed by atoms with E-state index in [4.69, 9.17) is 38.7 Å². The van der Waals surface area contributed by atoms with Gasteiger partial charge in [0, 0.05) is 28.4 Å². The lowest BCUT2D eigenvalue weighted by atomic mass is 10.0. The zero-order chi connectivity index (χ0) is 27.1. The van der Waals surface area contributed by atoms with Gasteiger partial charge in [0.25, 0.3) is 0 Å². The van der Waals surface area contributed by atoms with Crippen LogP contribution in [0.2, 0.25) is 10.0 Å². The summed E-state index contributed by atoms with van der Waals surface area (Å²) in [6.45, 7) is 5.42. The van der Waals surface area contributed by atoms with Crippen LogP contribution in [0.5, 0.6) is 0 Å². The molecule has 8 nitrogen and oxygen atoms in total. The summed E-state index contributed by atoms with van der Waals surface area (Å²) < 4.78 is 7.59. The molecule has 0 aliphatic heterocycles. The zero-order valence-electron chi connectivity index (χ0n) is 22.0. The number of esters is 1. The number of nitrogen functional groups attached to an aromatic ring is 1. The summed E-state index contributed by atoms with van der Waals surface area (Å²) >= 11 is 12.6. The topological polar surface area (TPSA) is 108 Å². The fraction of sp³-hybridized carbons (Fsp3) is 0.500. The van der Waals surface area contributed by atoms with Crippen molar-refractivity contribution >= 4 is 35.0 Å². The molecule has 1 aliphatic rings. The molecular formula is C28H36Cl2N6O2. The summed E-state index contributed by atoms with van der Waals surface area (Å²) in [5.74, 6) is 0.621. The van der Waals surface area contributed by atoms with Crippen molar-refractivity contribution < 1.29 is 9.53 Å². The van der Waals surface area contributed by atoms with Gasteiger partial charge in [-0.3, -0.25) is 9.48 Å². The Balaban J connectivity index is 1.35. The van der Waals surface area contributed by atoms with Gasteiger partial charge in [-0.25, -0.2) is 9.97 Å². The standard InChI is InChI=1S/C28H36Cl2N6O2/c1-18(2)14-25(28(37)38-20-6-3-4-7-20)32-12-13-36-17-19(15-34-36)26-16-33-27(31)24(35-26)11-10-21-22(29)8-5-9-23(21)30/h5,8-9,15-18,20,25,32H,3-4,6-7,10-14H2,1-2H3,(H2,31,33)/t25-/m0/s1. The average Bonchev–Trinajstić information content (AvgIpc) is 3.56. The molecule has 1 fully saturated rings. The molecule has 4 rings (SSSR count). The summed E-state index contributed by atoms with van der Waals surface area (Å²) in [6.07, 6.45) is 11.5. The highest BCUT2D eigenvalue weighted by Crippen LogP contribution is 2.27. The van der Waals surface area contributed by atoms with E-state index in [0.717, 1.165) is 43.2 Å². The molecule has 0 unspecified atom stereocenters. The average molecular weight is 560 g/mol. The lowest BCUT2D eigenvalue weighted by Gasteiger charge is -2.21. The van der Waals surface area contributed by atoms with Gasteiger partial charge >= 0.3 is 5.97 Å². The lowest BCUT2D eigenvalue weighted by molar-refractivity contribution is -0.151. The maximum absolute atomic E-state index is 12.8. The number of nitrogens with one attached hydrogen (secondary N) is 1. The third-order valence-corrected chi connectivity index (χ3v) is 7.50. The molecule has 3 aromatic rings. The molecule has 3 N–H and O–H groups in total. The second-order valence-electron chi connectivity index (χ2n) is 10.3. The number of aryl methyl sites for hydroxylation is 1. The number of benzene rings is 1. The summed E-state index contributed by atoms with van der Waals surface area (Å²) in [6, 6.07) is 5.15. The number of carbonyl (C=O) groups excluding carboxylic acids is 1. The monoisotopic (exact) mass is 558 g/mol. The molecule has 0 spiro atoms. The number of nitrogens with zero attached hydrogens (tertiary/aromatic N) is 4. The first-order valence-corrected chi connectivity index (χ1v) is 14.1. The Morgan fingerprint density at radius 1 is 1.18 bits per heavy atom. The maximum atomic E-state index is 12.8. The predicted molar refractivity (Wildman–Crippen MR) is 151 cm³/mol. The van der Waals surface area contributed by atoms with E-state index in [-0.39, 0.29) is 18.1 Å². The number of carbonyl (C=O) groups is 1. The molecule has 1 atom stereocenters. The van der Waals surface area contributed by atoms with E-state index in [9.17, 15) is 4.79 Å².